The minimum Gasteiger partial charge on any atom is -0.378 e. The maximum absolute atomic E-state index is 8.32. The van der Waals surface area contributed by atoms with Gasteiger partial charge in [-0.25, -0.2) is 0 Å². The van der Waals surface area contributed by atoms with Gasteiger partial charge in [-0.05, 0) is 18.8 Å². The molecule has 1 saturated heterocycles. The van der Waals surface area contributed by atoms with Crippen molar-refractivity contribution in [3.63, 3.8) is 0 Å². The van der Waals surface area contributed by atoms with E-state index in [9.17, 15) is 0 Å². The van der Waals surface area contributed by atoms with Crippen molar-refractivity contribution in [3.8, 4) is 0 Å². The van der Waals surface area contributed by atoms with Crippen LogP contribution < -0.4 is 0 Å². The molecule has 4 nitrogen and oxygen atoms in total. The van der Waals surface area contributed by atoms with Crippen molar-refractivity contribution >= 4 is 5.84 Å². The van der Waals surface area contributed by atoms with Gasteiger partial charge in [-0.3, -0.25) is 5.41 Å². The van der Waals surface area contributed by atoms with Gasteiger partial charge in [0.1, 0.15) is 11.9 Å². The minimum atomic E-state index is -0.00611. The Morgan fingerprint density at radius 1 is 1.24 bits per heavy atom. The molecule has 0 aromatic rings. The van der Waals surface area contributed by atoms with E-state index in [2.05, 4.69) is 4.90 Å². The summed E-state index contributed by atoms with van der Waals surface area (Å²) in [7, 11) is 1.74. The van der Waals surface area contributed by atoms with Crippen LogP contribution in [0.2, 0.25) is 0 Å². The second-order valence-electron chi connectivity index (χ2n) is 5.04. The molecule has 1 atom stereocenters. The molecule has 1 aliphatic carbocycles. The molecule has 2 fully saturated rings. The van der Waals surface area contributed by atoms with E-state index in [1.165, 1.54) is 32.1 Å². The quantitative estimate of drug-likeness (QED) is 0.605. The van der Waals surface area contributed by atoms with Gasteiger partial charge in [0.25, 0.3) is 0 Å². The molecule has 4 heteroatoms. The first kappa shape index (κ1) is 12.8. The van der Waals surface area contributed by atoms with Crippen molar-refractivity contribution in [2.24, 2.45) is 5.92 Å². The number of methoxy groups -OCH3 is 1. The predicted octanol–water partition coefficient (Wildman–Crippen LogP) is 1.89. The average Bonchev–Trinajstić information content (AvgIpc) is 2.42. The van der Waals surface area contributed by atoms with Crippen LogP contribution in [0.1, 0.15) is 32.1 Å². The second-order valence-corrected chi connectivity index (χ2v) is 5.04. The molecule has 2 rings (SSSR count). The molecule has 0 amide bonds. The van der Waals surface area contributed by atoms with Crippen LogP contribution in [-0.4, -0.2) is 50.3 Å². The number of hydrogen-bond acceptors (Lipinski definition) is 3. The first-order chi connectivity index (χ1) is 8.33. The first-order valence-corrected chi connectivity index (χ1v) is 6.77. The van der Waals surface area contributed by atoms with Crippen molar-refractivity contribution in [1.82, 2.24) is 4.90 Å². The fraction of sp³-hybridized carbons (Fsp3) is 0.923. The molecule has 1 heterocycles. The van der Waals surface area contributed by atoms with E-state index in [1.807, 2.05) is 0 Å². The maximum atomic E-state index is 8.32. The summed E-state index contributed by atoms with van der Waals surface area (Å²) in [4.78, 5) is 2.12. The third-order valence-corrected chi connectivity index (χ3v) is 3.95. The van der Waals surface area contributed by atoms with Crippen LogP contribution in [-0.2, 0) is 9.47 Å². The zero-order valence-electron chi connectivity index (χ0n) is 10.8. The number of morpholine rings is 1. The Balaban J connectivity index is 1.93. The molecule has 1 saturated carbocycles. The van der Waals surface area contributed by atoms with E-state index in [0.717, 1.165) is 26.3 Å². The highest BCUT2D eigenvalue weighted by Crippen LogP contribution is 2.28. The van der Waals surface area contributed by atoms with Gasteiger partial charge >= 0.3 is 0 Å². The van der Waals surface area contributed by atoms with Crippen LogP contribution in [0, 0.1) is 11.3 Å². The Bertz CT molecular complexity index is 246. The molecule has 0 radical (unpaired) electrons. The normalized spacial score (nSPS) is 24.6. The van der Waals surface area contributed by atoms with Crippen LogP contribution in [0.25, 0.3) is 0 Å². The summed E-state index contributed by atoms with van der Waals surface area (Å²) in [5.41, 5.74) is 0. The van der Waals surface area contributed by atoms with Gasteiger partial charge in [0.05, 0.1) is 13.2 Å². The minimum absolute atomic E-state index is 0.00611. The highest BCUT2D eigenvalue weighted by molar-refractivity contribution is 5.84. The summed E-state index contributed by atoms with van der Waals surface area (Å²) in [6.07, 6.45) is 6.35. The maximum Gasteiger partial charge on any atom is 0.126 e. The third-order valence-electron chi connectivity index (χ3n) is 3.95. The highest BCUT2D eigenvalue weighted by atomic mass is 16.5. The number of nitrogens with one attached hydrogen (secondary N) is 1. The first-order valence-electron chi connectivity index (χ1n) is 6.77. The fourth-order valence-corrected chi connectivity index (χ4v) is 2.95. The van der Waals surface area contributed by atoms with E-state index in [-0.39, 0.29) is 6.10 Å². The van der Waals surface area contributed by atoms with Crippen LogP contribution in [0.4, 0.5) is 0 Å². The van der Waals surface area contributed by atoms with E-state index < -0.39 is 0 Å². The number of rotatable bonds is 3. The molecule has 98 valence electrons. The lowest BCUT2D eigenvalue weighted by atomic mass is 9.84. The number of ether oxygens (including phenoxy) is 2. The molecule has 0 aromatic heterocycles. The van der Waals surface area contributed by atoms with Gasteiger partial charge in [0, 0.05) is 20.2 Å². The van der Waals surface area contributed by atoms with Gasteiger partial charge < -0.3 is 14.4 Å². The summed E-state index contributed by atoms with van der Waals surface area (Å²) >= 11 is 0. The van der Waals surface area contributed by atoms with E-state index in [4.69, 9.17) is 14.9 Å². The molecule has 1 aliphatic heterocycles. The van der Waals surface area contributed by atoms with E-state index >= 15 is 0 Å². The van der Waals surface area contributed by atoms with Crippen LogP contribution in [0.15, 0.2) is 0 Å². The number of hydrogen-bond donors (Lipinski definition) is 1. The number of amidine groups is 1. The lowest BCUT2D eigenvalue weighted by Gasteiger charge is -2.36. The smallest absolute Gasteiger partial charge is 0.126 e. The molecule has 0 aromatic carbocycles. The van der Waals surface area contributed by atoms with Crippen LogP contribution >= 0.6 is 0 Å². The molecule has 17 heavy (non-hydrogen) atoms. The Morgan fingerprint density at radius 3 is 2.47 bits per heavy atom. The predicted molar refractivity (Wildman–Crippen MR) is 67.5 cm³/mol. The topological polar surface area (TPSA) is 45.5 Å². The Kier molecular flexibility index (Phi) is 4.80. The van der Waals surface area contributed by atoms with Crippen molar-refractivity contribution in [2.45, 2.75) is 38.2 Å². The molecule has 0 spiro atoms. The average molecular weight is 240 g/mol. The summed E-state index contributed by atoms with van der Waals surface area (Å²) in [5.74, 6) is 1.21. The van der Waals surface area contributed by atoms with Gasteiger partial charge in [-0.2, -0.15) is 0 Å². The monoisotopic (exact) mass is 240 g/mol. The van der Waals surface area contributed by atoms with Gasteiger partial charge in [-0.15, -0.1) is 0 Å². The zero-order chi connectivity index (χ0) is 12.1. The van der Waals surface area contributed by atoms with Crippen molar-refractivity contribution < 1.29 is 9.47 Å². The summed E-state index contributed by atoms with van der Waals surface area (Å²) in [6.45, 7) is 3.16. The van der Waals surface area contributed by atoms with E-state index in [0.29, 0.717) is 11.8 Å². The highest BCUT2D eigenvalue weighted by Gasteiger charge is 2.30. The van der Waals surface area contributed by atoms with Crippen LogP contribution in [0.5, 0.6) is 0 Å². The number of nitrogens with zero attached hydrogens (tertiary/aromatic N) is 1. The standard InChI is InChI=1S/C13H24N2O2/c1-16-12(11-5-3-2-4-6-11)13(14)15-7-9-17-10-8-15/h11-12,14H,2-10H2,1H3. The van der Waals surface area contributed by atoms with Crippen LogP contribution in [0.3, 0.4) is 0 Å². The SMILES string of the molecule is COC(C(=N)N1CCOCC1)C1CCCCC1. The van der Waals surface area contributed by atoms with E-state index in [1.54, 1.807) is 7.11 Å². The Labute approximate surface area is 104 Å². The molecular formula is C13H24N2O2. The lowest BCUT2D eigenvalue weighted by Crippen LogP contribution is -2.48. The zero-order valence-corrected chi connectivity index (χ0v) is 10.8. The summed E-state index contributed by atoms with van der Waals surface area (Å²) in [6, 6.07) is 0. The molecule has 2 aliphatic rings. The molecule has 1 unspecified atom stereocenters. The lowest BCUT2D eigenvalue weighted by molar-refractivity contribution is 0.0434. The Hall–Kier alpha value is -0.610. The molecular weight excluding hydrogens is 216 g/mol. The van der Waals surface area contributed by atoms with Gasteiger partial charge in [0.15, 0.2) is 0 Å². The summed E-state index contributed by atoms with van der Waals surface area (Å²) < 4.78 is 10.9. The van der Waals surface area contributed by atoms with Crippen molar-refractivity contribution in [3.05, 3.63) is 0 Å². The third kappa shape index (κ3) is 3.19. The summed E-state index contributed by atoms with van der Waals surface area (Å²) in [5, 5.41) is 8.32. The van der Waals surface area contributed by atoms with Crippen molar-refractivity contribution in [1.29, 1.82) is 5.41 Å². The largest absolute Gasteiger partial charge is 0.378 e. The van der Waals surface area contributed by atoms with Gasteiger partial charge in [-0.1, -0.05) is 19.3 Å². The van der Waals surface area contributed by atoms with Gasteiger partial charge in [0.2, 0.25) is 0 Å². The molecule has 1 N–H and O–H groups in total. The van der Waals surface area contributed by atoms with Crippen molar-refractivity contribution in [2.75, 3.05) is 33.4 Å². The fourth-order valence-electron chi connectivity index (χ4n) is 2.95. The molecule has 0 bridgehead atoms. The second kappa shape index (κ2) is 6.36. The Morgan fingerprint density at radius 2 is 1.88 bits per heavy atom.